The molecule has 0 aliphatic carbocycles. The molecule has 2 N–H and O–H groups in total. The SMILES string of the molecule is CC1(C)OC[C@@H](COc2cnc(NC(=O)C3C[C@H]4CN3c3cnc(-c5cccc(C(F)(F)F)c5)nc3N4)cn2)O1. The number of nitrogens with zero attached hydrogens (tertiary/aromatic N) is 5. The molecule has 6 rings (SSSR count). The summed E-state index contributed by atoms with van der Waals surface area (Å²) in [5, 5.41) is 6.07. The zero-order chi connectivity index (χ0) is 28.1. The summed E-state index contributed by atoms with van der Waals surface area (Å²) in [7, 11) is 0. The minimum absolute atomic E-state index is 0.0684. The van der Waals surface area contributed by atoms with Gasteiger partial charge >= 0.3 is 6.18 Å². The summed E-state index contributed by atoms with van der Waals surface area (Å²) >= 11 is 0. The average Bonchev–Trinajstić information content (AvgIpc) is 3.46. The molecule has 11 nitrogen and oxygen atoms in total. The van der Waals surface area contributed by atoms with E-state index in [-0.39, 0.29) is 41.9 Å². The Morgan fingerprint density at radius 3 is 2.80 bits per heavy atom. The molecule has 0 spiro atoms. The molecule has 14 heteroatoms. The van der Waals surface area contributed by atoms with Crippen molar-refractivity contribution in [3.8, 4) is 17.3 Å². The molecule has 1 aromatic carbocycles. The fraction of sp³-hybridized carbons (Fsp3) is 0.423. The van der Waals surface area contributed by atoms with Gasteiger partial charge in [0.05, 0.1) is 36.4 Å². The van der Waals surface area contributed by atoms with Crippen LogP contribution in [0.5, 0.6) is 5.88 Å². The van der Waals surface area contributed by atoms with E-state index in [9.17, 15) is 18.0 Å². The van der Waals surface area contributed by atoms with E-state index in [0.717, 1.165) is 12.1 Å². The molecule has 1 amide bonds. The number of hydrogen-bond donors (Lipinski definition) is 2. The van der Waals surface area contributed by atoms with Crippen LogP contribution in [0.25, 0.3) is 11.4 Å². The first-order valence-corrected chi connectivity index (χ1v) is 12.7. The van der Waals surface area contributed by atoms with Gasteiger partial charge in [-0.25, -0.2) is 19.9 Å². The third kappa shape index (κ3) is 5.36. The highest BCUT2D eigenvalue weighted by atomic mass is 19.4. The topological polar surface area (TPSA) is 124 Å². The van der Waals surface area contributed by atoms with Crippen LogP contribution in [0.3, 0.4) is 0 Å². The van der Waals surface area contributed by atoms with Crippen molar-refractivity contribution < 1.29 is 32.2 Å². The molecule has 5 heterocycles. The van der Waals surface area contributed by atoms with Gasteiger partial charge in [0.25, 0.3) is 0 Å². The number of hydrogen-bond acceptors (Lipinski definition) is 10. The van der Waals surface area contributed by atoms with Gasteiger partial charge in [0.2, 0.25) is 11.8 Å². The van der Waals surface area contributed by atoms with Crippen molar-refractivity contribution >= 4 is 23.2 Å². The average molecular weight is 558 g/mol. The molecule has 3 aliphatic heterocycles. The second-order valence-electron chi connectivity index (χ2n) is 10.2. The number of rotatable bonds is 6. The Bertz CT molecular complexity index is 1420. The number of carbonyl (C=O) groups excluding carboxylic acids is 1. The van der Waals surface area contributed by atoms with E-state index in [1.807, 2.05) is 18.7 Å². The van der Waals surface area contributed by atoms with Gasteiger partial charge in [-0.15, -0.1) is 0 Å². The predicted octanol–water partition coefficient (Wildman–Crippen LogP) is 3.49. The number of benzene rings is 1. The zero-order valence-corrected chi connectivity index (χ0v) is 21.6. The minimum atomic E-state index is -4.47. The molecular weight excluding hydrogens is 531 g/mol. The molecule has 3 atom stereocenters. The van der Waals surface area contributed by atoms with Crippen LogP contribution in [0, 0.1) is 0 Å². The number of ether oxygens (including phenoxy) is 3. The van der Waals surface area contributed by atoms with Crippen LogP contribution in [0.4, 0.5) is 30.5 Å². The Labute approximate surface area is 227 Å². The van der Waals surface area contributed by atoms with Gasteiger partial charge < -0.3 is 29.7 Å². The highest BCUT2D eigenvalue weighted by Gasteiger charge is 2.42. The number of amides is 1. The highest BCUT2D eigenvalue weighted by molar-refractivity contribution is 5.97. The third-order valence-corrected chi connectivity index (χ3v) is 6.84. The van der Waals surface area contributed by atoms with Gasteiger partial charge in [-0.1, -0.05) is 12.1 Å². The monoisotopic (exact) mass is 557 g/mol. The molecule has 2 aromatic heterocycles. The van der Waals surface area contributed by atoms with E-state index >= 15 is 0 Å². The van der Waals surface area contributed by atoms with Gasteiger partial charge in [-0.05, 0) is 32.4 Å². The summed E-state index contributed by atoms with van der Waals surface area (Å²) in [4.78, 5) is 32.3. The summed E-state index contributed by atoms with van der Waals surface area (Å²) in [6.07, 6.45) is 0.172. The Morgan fingerprint density at radius 2 is 2.08 bits per heavy atom. The molecule has 0 radical (unpaired) electrons. The second kappa shape index (κ2) is 9.86. The molecule has 0 saturated carbocycles. The zero-order valence-electron chi connectivity index (χ0n) is 21.6. The lowest BCUT2D eigenvalue weighted by Crippen LogP contribution is -2.41. The van der Waals surface area contributed by atoms with Crippen molar-refractivity contribution in [1.29, 1.82) is 0 Å². The number of alkyl halides is 3. The largest absolute Gasteiger partial charge is 0.474 e. The lowest BCUT2D eigenvalue weighted by atomic mass is 10.1. The first-order valence-electron chi connectivity index (χ1n) is 12.7. The smallest absolute Gasteiger partial charge is 0.416 e. The Morgan fingerprint density at radius 1 is 1.23 bits per heavy atom. The van der Waals surface area contributed by atoms with Crippen molar-refractivity contribution in [1.82, 2.24) is 19.9 Å². The molecule has 40 heavy (non-hydrogen) atoms. The molecule has 210 valence electrons. The maximum Gasteiger partial charge on any atom is 0.416 e. The summed E-state index contributed by atoms with van der Waals surface area (Å²) < 4.78 is 56.3. The number of aromatic nitrogens is 4. The number of nitrogens with one attached hydrogen (secondary N) is 2. The molecule has 2 saturated heterocycles. The normalized spacial score (nSPS) is 22.9. The van der Waals surface area contributed by atoms with Gasteiger partial charge in [-0.2, -0.15) is 13.2 Å². The highest BCUT2D eigenvalue weighted by Crippen LogP contribution is 2.39. The maximum atomic E-state index is 13.2. The summed E-state index contributed by atoms with van der Waals surface area (Å²) in [6.45, 7) is 4.89. The van der Waals surface area contributed by atoms with E-state index in [1.54, 1.807) is 0 Å². The first kappa shape index (κ1) is 26.2. The number of fused-ring (bicyclic) bond motifs is 4. The van der Waals surface area contributed by atoms with E-state index in [1.165, 1.54) is 30.7 Å². The van der Waals surface area contributed by atoms with Crippen LogP contribution in [-0.4, -0.2) is 69.6 Å². The summed E-state index contributed by atoms with van der Waals surface area (Å²) in [5.41, 5.74) is 0.0744. The van der Waals surface area contributed by atoms with Crippen molar-refractivity contribution in [2.45, 2.75) is 50.4 Å². The molecule has 2 fully saturated rings. The molecule has 1 unspecified atom stereocenters. The molecule has 3 aliphatic rings. The van der Waals surface area contributed by atoms with Crippen LogP contribution in [-0.2, 0) is 20.4 Å². The van der Waals surface area contributed by atoms with Crippen LogP contribution >= 0.6 is 0 Å². The first-order chi connectivity index (χ1) is 19.0. The number of halogens is 3. The maximum absolute atomic E-state index is 13.2. The fourth-order valence-electron chi connectivity index (χ4n) is 5.00. The quantitative estimate of drug-likeness (QED) is 0.466. The predicted molar refractivity (Wildman–Crippen MR) is 137 cm³/mol. The molecular formula is C26H26F3N7O4. The van der Waals surface area contributed by atoms with Crippen molar-refractivity contribution in [3.05, 3.63) is 48.4 Å². The summed E-state index contributed by atoms with van der Waals surface area (Å²) in [5.74, 6) is 0.268. The van der Waals surface area contributed by atoms with Crippen LogP contribution in [0.15, 0.2) is 42.9 Å². The van der Waals surface area contributed by atoms with Crippen molar-refractivity contribution in [2.75, 3.05) is 35.3 Å². The standard InChI is InChI=1S/C26H26F3N7O4/c1-25(2)39-13-17(40-25)12-38-21-10-30-20(9-31-21)34-24(37)18-7-16-11-36(18)19-8-32-22(35-23(19)33-16)14-4-3-5-15(6-14)26(27,28)29/h3-6,8-10,16-18H,7,11-13H2,1-2H3,(H,30,34,37)(H,32,33,35)/t16-,17+,18?/m0/s1. The van der Waals surface area contributed by atoms with Gasteiger partial charge in [0.1, 0.15) is 18.8 Å². The van der Waals surface area contributed by atoms with Crippen molar-refractivity contribution in [3.63, 3.8) is 0 Å². The van der Waals surface area contributed by atoms with Crippen LogP contribution < -0.4 is 20.3 Å². The second-order valence-corrected chi connectivity index (χ2v) is 10.2. The fourth-order valence-corrected chi connectivity index (χ4v) is 5.00. The van der Waals surface area contributed by atoms with E-state index < -0.39 is 23.6 Å². The summed E-state index contributed by atoms with van der Waals surface area (Å²) in [6, 6.07) is 4.28. The van der Waals surface area contributed by atoms with E-state index in [2.05, 4.69) is 30.6 Å². The third-order valence-electron chi connectivity index (χ3n) is 6.84. The van der Waals surface area contributed by atoms with Gasteiger partial charge in [0.15, 0.2) is 23.2 Å². The van der Waals surface area contributed by atoms with E-state index in [0.29, 0.717) is 37.0 Å². The van der Waals surface area contributed by atoms with Crippen LogP contribution in [0.2, 0.25) is 0 Å². The lowest BCUT2D eigenvalue weighted by molar-refractivity contribution is -0.141. The molecule has 2 bridgehead atoms. The Hall–Kier alpha value is -4.04. The number of carbonyl (C=O) groups is 1. The van der Waals surface area contributed by atoms with Crippen molar-refractivity contribution in [2.24, 2.45) is 0 Å². The van der Waals surface area contributed by atoms with Crippen LogP contribution in [0.1, 0.15) is 25.8 Å². The molecule has 3 aromatic rings. The number of anilines is 3. The minimum Gasteiger partial charge on any atom is -0.474 e. The van der Waals surface area contributed by atoms with Gasteiger partial charge in [0, 0.05) is 18.2 Å². The Kier molecular flexibility index (Phi) is 6.45. The Balaban J connectivity index is 1.11. The lowest BCUT2D eigenvalue weighted by Gasteiger charge is -2.30. The van der Waals surface area contributed by atoms with Gasteiger partial charge in [-0.3, -0.25) is 4.79 Å². The van der Waals surface area contributed by atoms with E-state index in [4.69, 9.17) is 14.2 Å².